The van der Waals surface area contributed by atoms with Crippen LogP contribution in [0, 0.1) is 0 Å². The Balaban J connectivity index is 1.29. The molecule has 1 saturated carbocycles. The van der Waals surface area contributed by atoms with Crippen LogP contribution in [0.5, 0.6) is 0 Å². The number of carbonyl (C=O) groups excluding carboxylic acids is 1. The Morgan fingerprint density at radius 2 is 1.68 bits per heavy atom. The number of anilines is 1. The molecule has 4 aromatic rings. The van der Waals surface area contributed by atoms with Gasteiger partial charge in [0.25, 0.3) is 10.0 Å². The average Bonchev–Trinajstić information content (AvgIpc) is 3.67. The highest BCUT2D eigenvalue weighted by Gasteiger charge is 2.33. The van der Waals surface area contributed by atoms with Gasteiger partial charge in [0, 0.05) is 24.8 Å². The molecule has 2 fully saturated rings. The molecule has 9 nitrogen and oxygen atoms in total. The van der Waals surface area contributed by atoms with Gasteiger partial charge in [-0.3, -0.25) is 0 Å². The van der Waals surface area contributed by atoms with Gasteiger partial charge < -0.3 is 15.0 Å². The van der Waals surface area contributed by atoms with Gasteiger partial charge in [0.05, 0.1) is 10.3 Å². The topological polar surface area (TPSA) is 106 Å². The lowest BCUT2D eigenvalue weighted by Crippen LogP contribution is -2.49. The number of hydrogen-bond acceptors (Lipinski definition) is 7. The molecule has 0 unspecified atom stereocenters. The number of likely N-dealkylation sites (tertiary alicyclic amines) is 1. The number of carbonyl (C=O) groups is 1. The number of hydrogen-bond donors (Lipinski definition) is 1. The minimum absolute atomic E-state index is 0.0490. The molecular weight excluding hydrogens is 538 g/mol. The van der Waals surface area contributed by atoms with Crippen LogP contribution >= 0.6 is 0 Å². The van der Waals surface area contributed by atoms with Gasteiger partial charge in [-0.25, -0.2) is 27.2 Å². The van der Waals surface area contributed by atoms with Crippen molar-refractivity contribution in [2.75, 3.05) is 11.9 Å². The first kappa shape index (κ1) is 27.3. The molecule has 6 rings (SSSR count). The Morgan fingerprint density at radius 3 is 2.41 bits per heavy atom. The van der Waals surface area contributed by atoms with Crippen LogP contribution in [0.2, 0.25) is 0 Å². The maximum Gasteiger partial charge on any atom is 0.410 e. The first-order chi connectivity index (χ1) is 19.9. The SMILES string of the molecule is C[C@H]1CC[C@@H](Nc2ncnc3c2c(C2CCCC2)cn3S(=O)(=O)c2ccccc2)CN1C(=O)OCc1ccccc1. The zero-order valence-electron chi connectivity index (χ0n) is 23.1. The van der Waals surface area contributed by atoms with Crippen LogP contribution in [-0.4, -0.2) is 52.0 Å². The highest BCUT2D eigenvalue weighted by Crippen LogP contribution is 2.41. The number of ether oxygens (including phenoxy) is 1. The van der Waals surface area contributed by atoms with Crippen LogP contribution in [0.15, 0.2) is 78.1 Å². The number of fused-ring (bicyclic) bond motifs is 1. The van der Waals surface area contributed by atoms with E-state index in [1.165, 1.54) is 10.3 Å². The number of nitrogens with zero attached hydrogens (tertiary/aromatic N) is 4. The predicted octanol–water partition coefficient (Wildman–Crippen LogP) is 5.93. The zero-order chi connectivity index (χ0) is 28.4. The van der Waals surface area contributed by atoms with Gasteiger partial charge in [0.15, 0.2) is 5.65 Å². The number of amides is 1. The maximum atomic E-state index is 13.7. The van der Waals surface area contributed by atoms with Crippen LogP contribution in [0.25, 0.3) is 11.0 Å². The number of benzene rings is 2. The first-order valence-electron chi connectivity index (χ1n) is 14.3. The molecule has 41 heavy (non-hydrogen) atoms. The number of nitrogens with one attached hydrogen (secondary N) is 1. The molecule has 2 aliphatic rings. The van der Waals surface area contributed by atoms with Crippen molar-refractivity contribution in [3.8, 4) is 0 Å². The zero-order valence-corrected chi connectivity index (χ0v) is 24.0. The summed E-state index contributed by atoms with van der Waals surface area (Å²) in [5.41, 5.74) is 2.28. The fraction of sp³-hybridized carbons (Fsp3) is 0.387. The Hall–Kier alpha value is -3.92. The Morgan fingerprint density at radius 1 is 0.976 bits per heavy atom. The lowest BCUT2D eigenvalue weighted by atomic mass is 9.97. The monoisotopic (exact) mass is 573 g/mol. The summed E-state index contributed by atoms with van der Waals surface area (Å²) in [5, 5.41) is 4.31. The molecule has 1 aliphatic carbocycles. The fourth-order valence-electron chi connectivity index (χ4n) is 6.08. The summed E-state index contributed by atoms with van der Waals surface area (Å²) in [4.78, 5) is 24.1. The van der Waals surface area contributed by atoms with E-state index >= 15 is 0 Å². The van der Waals surface area contributed by atoms with Gasteiger partial charge in [0.1, 0.15) is 18.8 Å². The second kappa shape index (κ2) is 11.5. The van der Waals surface area contributed by atoms with E-state index in [1.807, 2.05) is 37.3 Å². The minimum Gasteiger partial charge on any atom is -0.445 e. The van der Waals surface area contributed by atoms with E-state index in [0.717, 1.165) is 55.0 Å². The van der Waals surface area contributed by atoms with Crippen molar-refractivity contribution in [2.45, 2.75) is 75.0 Å². The summed E-state index contributed by atoms with van der Waals surface area (Å²) in [6.45, 7) is 2.72. The first-order valence-corrected chi connectivity index (χ1v) is 15.8. The molecular formula is C31H35N5O4S. The summed E-state index contributed by atoms with van der Waals surface area (Å²) in [6, 6.07) is 18.1. The van der Waals surface area contributed by atoms with Crippen molar-refractivity contribution in [1.29, 1.82) is 0 Å². The lowest BCUT2D eigenvalue weighted by Gasteiger charge is -2.37. The van der Waals surface area contributed by atoms with Gasteiger partial charge >= 0.3 is 6.09 Å². The molecule has 10 heteroatoms. The third-order valence-corrected chi connectivity index (χ3v) is 10.0. The molecule has 2 aromatic heterocycles. The summed E-state index contributed by atoms with van der Waals surface area (Å²) in [6.07, 6.45) is 8.70. The maximum absolute atomic E-state index is 13.7. The van der Waals surface area contributed by atoms with Crippen molar-refractivity contribution < 1.29 is 17.9 Å². The average molecular weight is 574 g/mol. The number of rotatable bonds is 7. The largest absolute Gasteiger partial charge is 0.445 e. The molecule has 2 aromatic carbocycles. The molecule has 1 amide bonds. The van der Waals surface area contributed by atoms with Crippen LogP contribution in [-0.2, 0) is 21.4 Å². The van der Waals surface area contributed by atoms with E-state index in [9.17, 15) is 13.2 Å². The molecule has 2 atom stereocenters. The molecule has 214 valence electrons. The van der Waals surface area contributed by atoms with Crippen molar-refractivity contribution in [3.05, 3.63) is 84.3 Å². The Bertz CT molecular complexity index is 1620. The van der Waals surface area contributed by atoms with Crippen molar-refractivity contribution in [1.82, 2.24) is 18.8 Å². The predicted molar refractivity (Wildman–Crippen MR) is 157 cm³/mol. The third kappa shape index (κ3) is 5.53. The second-order valence-electron chi connectivity index (χ2n) is 11.1. The van der Waals surface area contributed by atoms with Crippen LogP contribution in [0.4, 0.5) is 10.6 Å². The summed E-state index contributed by atoms with van der Waals surface area (Å²) < 4.78 is 34.4. The molecule has 3 heterocycles. The van der Waals surface area contributed by atoms with E-state index < -0.39 is 10.0 Å². The van der Waals surface area contributed by atoms with E-state index in [-0.39, 0.29) is 35.6 Å². The molecule has 1 N–H and O–H groups in total. The fourth-order valence-corrected chi connectivity index (χ4v) is 7.43. The van der Waals surface area contributed by atoms with Crippen molar-refractivity contribution >= 4 is 33.0 Å². The Labute approximate surface area is 240 Å². The summed E-state index contributed by atoms with van der Waals surface area (Å²) >= 11 is 0. The summed E-state index contributed by atoms with van der Waals surface area (Å²) in [7, 11) is -3.85. The van der Waals surface area contributed by atoms with Gasteiger partial charge in [0.2, 0.25) is 0 Å². The highest BCUT2D eigenvalue weighted by molar-refractivity contribution is 7.90. The van der Waals surface area contributed by atoms with Gasteiger partial charge in [-0.1, -0.05) is 61.4 Å². The number of aromatic nitrogens is 3. The summed E-state index contributed by atoms with van der Waals surface area (Å²) in [5.74, 6) is 0.850. The van der Waals surface area contributed by atoms with Gasteiger partial charge in [-0.05, 0) is 61.8 Å². The second-order valence-corrected chi connectivity index (χ2v) is 12.9. The van der Waals surface area contributed by atoms with Gasteiger partial charge in [-0.15, -0.1) is 0 Å². The standard InChI is InChI=1S/C31H35N5O4S/c1-22-16-17-25(18-35(22)31(37)40-20-23-10-4-2-5-11-23)34-29-28-27(24-12-8-9-13-24)19-36(30(28)33-21-32-29)41(38,39)26-14-6-3-7-15-26/h2-7,10-11,14-15,19,21-22,24-25H,8-9,12-13,16-18,20H2,1H3,(H,32,33,34)/t22-,25+/m0/s1. The van der Waals surface area contributed by atoms with Crippen LogP contribution in [0.3, 0.4) is 0 Å². The third-order valence-electron chi connectivity index (χ3n) is 8.34. The van der Waals surface area contributed by atoms with Crippen molar-refractivity contribution in [2.24, 2.45) is 0 Å². The van der Waals surface area contributed by atoms with Gasteiger partial charge in [-0.2, -0.15) is 0 Å². The smallest absolute Gasteiger partial charge is 0.410 e. The van der Waals surface area contributed by atoms with E-state index in [0.29, 0.717) is 18.0 Å². The molecule has 0 bridgehead atoms. The van der Waals surface area contributed by atoms with Crippen molar-refractivity contribution in [3.63, 3.8) is 0 Å². The minimum atomic E-state index is -3.85. The Kier molecular flexibility index (Phi) is 7.66. The highest BCUT2D eigenvalue weighted by atomic mass is 32.2. The molecule has 0 radical (unpaired) electrons. The molecule has 1 aliphatic heterocycles. The molecule has 1 saturated heterocycles. The van der Waals surface area contributed by atoms with Crippen LogP contribution in [0.1, 0.15) is 62.5 Å². The number of piperidine rings is 1. The van der Waals surface area contributed by atoms with Crippen LogP contribution < -0.4 is 5.32 Å². The quantitative estimate of drug-likeness (QED) is 0.292. The van der Waals surface area contributed by atoms with E-state index in [1.54, 1.807) is 41.4 Å². The normalized spacial score (nSPS) is 19.9. The lowest BCUT2D eigenvalue weighted by molar-refractivity contribution is 0.0696. The van der Waals surface area contributed by atoms with E-state index in [4.69, 9.17) is 4.74 Å². The molecule has 0 spiro atoms. The van der Waals surface area contributed by atoms with E-state index in [2.05, 4.69) is 15.3 Å².